The highest BCUT2D eigenvalue weighted by molar-refractivity contribution is 7.99. The van der Waals surface area contributed by atoms with Gasteiger partial charge in [0.1, 0.15) is 18.1 Å². The van der Waals surface area contributed by atoms with Crippen LogP contribution in [0.15, 0.2) is 17.1 Å². The monoisotopic (exact) mass is 769 g/mol. The van der Waals surface area contributed by atoms with Gasteiger partial charge in [0.2, 0.25) is 0 Å². The Balaban J connectivity index is 1.86. The molecular formula is C34H65N3O10P2S. The number of unbranched alkanes of at least 4 members (excludes halogenated alkanes) is 13. The van der Waals surface area contributed by atoms with Crippen LogP contribution in [-0.4, -0.2) is 50.9 Å². The van der Waals surface area contributed by atoms with Gasteiger partial charge in [-0.25, -0.2) is 18.8 Å². The second kappa shape index (κ2) is 26.1. The van der Waals surface area contributed by atoms with E-state index in [2.05, 4.69) is 18.8 Å². The van der Waals surface area contributed by atoms with Crippen molar-refractivity contribution in [2.45, 2.75) is 173 Å². The first-order valence-electron chi connectivity index (χ1n) is 18.9. The lowest BCUT2D eigenvalue weighted by Crippen LogP contribution is -2.27. The van der Waals surface area contributed by atoms with Gasteiger partial charge in [0.25, 0.3) is 0 Å². The fourth-order valence-electron chi connectivity index (χ4n) is 5.67. The normalized spacial score (nSPS) is 20.0. The number of nitrogens with two attached hydrogens (primary N) is 1. The largest absolute Gasteiger partial charge is 0.508 e. The summed E-state index contributed by atoms with van der Waals surface area (Å²) in [4.78, 5) is 31.9. The second-order valence-corrected chi connectivity index (χ2v) is 17.6. The van der Waals surface area contributed by atoms with E-state index in [1.807, 2.05) is 6.92 Å². The number of nitrogens with zero attached hydrogens (tertiary/aromatic N) is 2. The van der Waals surface area contributed by atoms with Gasteiger partial charge in [0, 0.05) is 11.4 Å². The first-order chi connectivity index (χ1) is 24.0. The zero-order valence-electron chi connectivity index (χ0n) is 30.9. The molecule has 0 aromatic carbocycles. The first kappa shape index (κ1) is 45.4. The average molecular weight is 770 g/mol. The quantitative estimate of drug-likeness (QED) is 0.0317. The van der Waals surface area contributed by atoms with Crippen LogP contribution in [0.4, 0.5) is 5.82 Å². The first-order valence-corrected chi connectivity index (χ1v) is 22.9. The summed E-state index contributed by atoms with van der Waals surface area (Å²) in [5.41, 5.74) is 5.02. The molecule has 4 unspecified atom stereocenters. The predicted molar refractivity (Wildman–Crippen MR) is 200 cm³/mol. The van der Waals surface area contributed by atoms with Crippen molar-refractivity contribution < 1.29 is 41.7 Å². The van der Waals surface area contributed by atoms with E-state index in [1.54, 1.807) is 18.7 Å². The maximum atomic E-state index is 13.4. The standard InChI is InChI=1S/C34H65N3O10P2S/c1-5-8-10-12-13-14-15-16-18-20-27-50-31(21-19-17-11-9-6-2)29(4)45-46-48(39,40)47-49(41,42-26-7-3)43-28-30-22-23-33(44-30)37-25-24-32(35)36-34(37)38/h24-25,29-31,33H,5-23,26-28H2,1-4H3,(H,39,40)(H2,35,36,38)/t29?,30-,31?,33+,49?/m0/s1. The molecule has 50 heavy (non-hydrogen) atoms. The number of rotatable bonds is 31. The number of ether oxygens (including phenoxy) is 1. The van der Waals surface area contributed by atoms with E-state index in [0.717, 1.165) is 31.4 Å². The molecule has 1 aromatic heterocycles. The summed E-state index contributed by atoms with van der Waals surface area (Å²) >= 11 is 1.80. The number of hydrogen-bond acceptors (Lipinski definition) is 12. The van der Waals surface area contributed by atoms with Crippen molar-refractivity contribution in [1.82, 2.24) is 9.55 Å². The molecule has 0 amide bonds. The Morgan fingerprint density at radius 1 is 0.940 bits per heavy atom. The summed E-state index contributed by atoms with van der Waals surface area (Å²) in [6.45, 7) is 7.69. The SMILES string of the molecule is CCCCCCCCCCCCSC(CCCCCCC)C(C)OOP(=O)(O)OP(=O)(OCCC)OC[C@@H]1CC[C@H](n2ccc(N)nc2=O)O1. The lowest BCUT2D eigenvalue weighted by molar-refractivity contribution is -0.252. The third kappa shape index (κ3) is 19.3. The van der Waals surface area contributed by atoms with Gasteiger partial charge in [0.15, 0.2) is 0 Å². The molecule has 3 N–H and O–H groups in total. The van der Waals surface area contributed by atoms with Crippen LogP contribution in [0.5, 0.6) is 0 Å². The molecule has 0 spiro atoms. The summed E-state index contributed by atoms with van der Waals surface area (Å²) in [6, 6.07) is 1.49. The lowest BCUT2D eigenvalue weighted by Gasteiger charge is -2.25. The maximum absolute atomic E-state index is 13.4. The highest BCUT2D eigenvalue weighted by Gasteiger charge is 2.41. The number of hydrogen-bond donors (Lipinski definition) is 2. The Bertz CT molecular complexity index is 1200. The van der Waals surface area contributed by atoms with Gasteiger partial charge in [-0.1, -0.05) is 111 Å². The van der Waals surface area contributed by atoms with Gasteiger partial charge >= 0.3 is 21.3 Å². The van der Waals surface area contributed by atoms with Gasteiger partial charge in [-0.05, 0) is 50.8 Å². The van der Waals surface area contributed by atoms with Crippen molar-refractivity contribution >= 4 is 33.2 Å². The van der Waals surface area contributed by atoms with E-state index in [4.69, 9.17) is 33.4 Å². The topological polar surface area (TPSA) is 171 Å². The summed E-state index contributed by atoms with van der Waals surface area (Å²) in [5.74, 6) is 1.07. The number of thioether (sulfide) groups is 1. The minimum Gasteiger partial charge on any atom is -0.383 e. The molecule has 2 heterocycles. The summed E-state index contributed by atoms with van der Waals surface area (Å²) in [6.07, 6.45) is 20.5. The second-order valence-electron chi connectivity index (χ2n) is 13.1. The van der Waals surface area contributed by atoms with Gasteiger partial charge in [0.05, 0.1) is 19.3 Å². The van der Waals surface area contributed by atoms with E-state index in [9.17, 15) is 18.8 Å². The molecule has 1 saturated heterocycles. The van der Waals surface area contributed by atoms with Crippen molar-refractivity contribution in [3.05, 3.63) is 22.7 Å². The van der Waals surface area contributed by atoms with Gasteiger partial charge in [-0.15, -0.1) is 4.67 Å². The van der Waals surface area contributed by atoms with E-state index < -0.39 is 39.8 Å². The molecule has 2 rings (SSSR count). The average Bonchev–Trinajstić information content (AvgIpc) is 3.55. The molecule has 0 aliphatic carbocycles. The van der Waals surface area contributed by atoms with Crippen LogP contribution in [0.3, 0.4) is 0 Å². The molecular weight excluding hydrogens is 704 g/mol. The summed E-state index contributed by atoms with van der Waals surface area (Å²) in [5, 5.41) is 0.0470. The van der Waals surface area contributed by atoms with Crippen LogP contribution in [0.1, 0.15) is 156 Å². The van der Waals surface area contributed by atoms with Crippen molar-refractivity contribution in [2.75, 3.05) is 24.7 Å². The summed E-state index contributed by atoms with van der Waals surface area (Å²) in [7, 11) is -9.60. The molecule has 13 nitrogen and oxygen atoms in total. The van der Waals surface area contributed by atoms with Crippen LogP contribution in [0, 0.1) is 0 Å². The highest BCUT2D eigenvalue weighted by atomic mass is 32.2. The third-order valence-electron chi connectivity index (χ3n) is 8.56. The van der Waals surface area contributed by atoms with E-state index in [0.29, 0.717) is 19.3 Å². The minimum atomic E-state index is -5.03. The molecule has 292 valence electrons. The van der Waals surface area contributed by atoms with Crippen LogP contribution >= 0.6 is 27.4 Å². The zero-order chi connectivity index (χ0) is 36.7. The number of phosphoric ester groups is 1. The molecule has 0 radical (unpaired) electrons. The predicted octanol–water partition coefficient (Wildman–Crippen LogP) is 9.89. The van der Waals surface area contributed by atoms with E-state index >= 15 is 0 Å². The molecule has 1 aromatic rings. The Labute approximate surface area is 304 Å². The zero-order valence-corrected chi connectivity index (χ0v) is 33.5. The Hall–Kier alpha value is -0.790. The molecule has 16 heteroatoms. The molecule has 0 saturated carbocycles. The number of anilines is 1. The Kier molecular flexibility index (Phi) is 23.6. The molecule has 6 atom stereocenters. The van der Waals surface area contributed by atoms with Crippen molar-refractivity contribution in [1.29, 1.82) is 0 Å². The van der Waals surface area contributed by atoms with Crippen LogP contribution in [0.2, 0.25) is 0 Å². The molecule has 1 aliphatic rings. The number of aromatic nitrogens is 2. The number of nitrogen functional groups attached to an aromatic ring is 1. The van der Waals surface area contributed by atoms with E-state index in [1.165, 1.54) is 93.9 Å². The lowest BCUT2D eigenvalue weighted by atomic mass is 10.1. The Morgan fingerprint density at radius 3 is 2.18 bits per heavy atom. The van der Waals surface area contributed by atoms with Gasteiger partial charge < -0.3 is 15.4 Å². The van der Waals surface area contributed by atoms with Crippen LogP contribution in [0.25, 0.3) is 0 Å². The highest BCUT2D eigenvalue weighted by Crippen LogP contribution is 2.64. The summed E-state index contributed by atoms with van der Waals surface area (Å²) < 4.78 is 54.2. The molecule has 0 bridgehead atoms. The van der Waals surface area contributed by atoms with Crippen molar-refractivity contribution in [3.63, 3.8) is 0 Å². The smallest absolute Gasteiger partial charge is 0.383 e. The van der Waals surface area contributed by atoms with Gasteiger partial charge in [-0.3, -0.25) is 13.6 Å². The molecule has 1 fully saturated rings. The van der Waals surface area contributed by atoms with Crippen molar-refractivity contribution in [2.24, 2.45) is 0 Å². The minimum absolute atomic E-state index is 0.0470. The molecule has 1 aliphatic heterocycles. The third-order valence-corrected chi connectivity index (χ3v) is 13.0. The van der Waals surface area contributed by atoms with Crippen LogP contribution < -0.4 is 11.4 Å². The number of phosphoric acid groups is 2. The fourth-order valence-corrected chi connectivity index (χ4v) is 9.57. The van der Waals surface area contributed by atoms with Crippen molar-refractivity contribution in [3.8, 4) is 0 Å². The van der Waals surface area contributed by atoms with Gasteiger partial charge in [-0.2, -0.15) is 21.1 Å². The van der Waals surface area contributed by atoms with Crippen LogP contribution in [-0.2, 0) is 36.8 Å². The fraction of sp³-hybridized carbons (Fsp3) is 0.882. The maximum Gasteiger partial charge on any atom is 0.508 e. The Morgan fingerprint density at radius 2 is 1.56 bits per heavy atom. The van der Waals surface area contributed by atoms with E-state index in [-0.39, 0.29) is 24.3 Å².